The largest absolute Gasteiger partial charge is 0.461 e. The molecule has 0 saturated heterocycles. The van der Waals surface area contributed by atoms with E-state index in [0.29, 0.717) is 12.3 Å². The lowest BCUT2D eigenvalue weighted by molar-refractivity contribution is 0.0520. The summed E-state index contributed by atoms with van der Waals surface area (Å²) in [6, 6.07) is 20.1. The van der Waals surface area contributed by atoms with Crippen molar-refractivity contribution in [3.05, 3.63) is 66.4 Å². The smallest absolute Gasteiger partial charge is 0.355 e. The number of aromatic nitrogens is 1. The summed E-state index contributed by atoms with van der Waals surface area (Å²) in [5.41, 5.74) is 4.51. The van der Waals surface area contributed by atoms with Crippen molar-refractivity contribution in [3.63, 3.8) is 0 Å². The molecule has 0 bridgehead atoms. The molecular weight excluding hydrogens is 318 g/mol. The van der Waals surface area contributed by atoms with Gasteiger partial charge in [-0.1, -0.05) is 60.7 Å². The minimum absolute atomic E-state index is 0.325. The highest BCUT2D eigenvalue weighted by molar-refractivity contribution is 7.98. The maximum Gasteiger partial charge on any atom is 0.355 e. The van der Waals surface area contributed by atoms with Crippen LogP contribution < -0.4 is 0 Å². The highest BCUT2D eigenvalue weighted by atomic mass is 32.2. The third-order valence-electron chi connectivity index (χ3n) is 3.77. The Balaban J connectivity index is 2.29. The molecule has 0 radical (unpaired) electrons. The summed E-state index contributed by atoms with van der Waals surface area (Å²) in [4.78, 5) is 15.8. The number of rotatable bonds is 5. The lowest BCUT2D eigenvalue weighted by atomic mass is 9.96. The van der Waals surface area contributed by atoms with Gasteiger partial charge < -0.3 is 9.72 Å². The van der Waals surface area contributed by atoms with E-state index in [1.807, 2.05) is 61.7 Å². The fraction of sp³-hybridized carbons (Fsp3) is 0.150. The van der Waals surface area contributed by atoms with Crippen LogP contribution >= 0.6 is 11.8 Å². The van der Waals surface area contributed by atoms with Gasteiger partial charge in [-0.05, 0) is 24.3 Å². The predicted molar refractivity (Wildman–Crippen MR) is 99.4 cm³/mol. The van der Waals surface area contributed by atoms with Gasteiger partial charge in [0, 0.05) is 11.1 Å². The Labute approximate surface area is 146 Å². The van der Waals surface area contributed by atoms with Crippen molar-refractivity contribution < 1.29 is 9.53 Å². The second-order valence-corrected chi connectivity index (χ2v) is 6.05. The van der Waals surface area contributed by atoms with Gasteiger partial charge in [0.2, 0.25) is 0 Å². The van der Waals surface area contributed by atoms with Crippen molar-refractivity contribution in [3.8, 4) is 22.3 Å². The van der Waals surface area contributed by atoms with Crippen molar-refractivity contribution in [2.24, 2.45) is 0 Å². The summed E-state index contributed by atoms with van der Waals surface area (Å²) in [6.07, 6.45) is 2.00. The van der Waals surface area contributed by atoms with Crippen molar-refractivity contribution in [2.75, 3.05) is 12.9 Å². The number of carbonyl (C=O) groups is 1. The molecule has 24 heavy (non-hydrogen) atoms. The number of esters is 1. The molecule has 122 valence electrons. The second kappa shape index (κ2) is 7.41. The van der Waals surface area contributed by atoms with Crippen LogP contribution in [0.25, 0.3) is 22.3 Å². The molecule has 3 aromatic rings. The Hall–Kier alpha value is -2.46. The molecule has 1 N–H and O–H groups in total. The molecular formula is C20H19NO2S. The lowest BCUT2D eigenvalue weighted by Gasteiger charge is -2.09. The van der Waals surface area contributed by atoms with E-state index in [9.17, 15) is 4.79 Å². The average molecular weight is 337 g/mol. The molecule has 1 aromatic heterocycles. The zero-order valence-electron chi connectivity index (χ0n) is 13.7. The number of thioether (sulfide) groups is 1. The van der Waals surface area contributed by atoms with Gasteiger partial charge >= 0.3 is 5.97 Å². The van der Waals surface area contributed by atoms with Crippen molar-refractivity contribution in [1.82, 2.24) is 4.98 Å². The number of H-pyrrole nitrogens is 1. The van der Waals surface area contributed by atoms with Crippen LogP contribution in [0.5, 0.6) is 0 Å². The molecule has 4 heteroatoms. The molecule has 0 amide bonds. The maximum atomic E-state index is 12.5. The molecule has 0 aliphatic carbocycles. The molecule has 0 atom stereocenters. The van der Waals surface area contributed by atoms with E-state index < -0.39 is 0 Å². The fourth-order valence-corrected chi connectivity index (χ4v) is 3.39. The fourth-order valence-electron chi connectivity index (χ4n) is 2.76. The van der Waals surface area contributed by atoms with Crippen molar-refractivity contribution >= 4 is 17.7 Å². The van der Waals surface area contributed by atoms with Gasteiger partial charge in [0.15, 0.2) is 0 Å². The summed E-state index contributed by atoms with van der Waals surface area (Å²) in [5, 5.41) is 0.961. The van der Waals surface area contributed by atoms with Gasteiger partial charge in [-0.15, -0.1) is 11.8 Å². The highest BCUT2D eigenvalue weighted by Crippen LogP contribution is 2.41. The number of nitrogens with one attached hydrogen (secondary N) is 1. The minimum atomic E-state index is -0.325. The zero-order valence-corrected chi connectivity index (χ0v) is 14.5. The zero-order chi connectivity index (χ0) is 16.9. The number of aromatic amines is 1. The van der Waals surface area contributed by atoms with E-state index >= 15 is 0 Å². The molecule has 2 aromatic carbocycles. The number of hydrogen-bond acceptors (Lipinski definition) is 3. The molecule has 0 aliphatic heterocycles. The Bertz CT molecular complexity index is 826. The first-order chi connectivity index (χ1) is 11.8. The molecule has 3 nitrogen and oxygen atoms in total. The van der Waals surface area contributed by atoms with Gasteiger partial charge in [-0.3, -0.25) is 0 Å². The van der Waals surface area contributed by atoms with E-state index in [1.54, 1.807) is 11.8 Å². The molecule has 0 fully saturated rings. The molecule has 1 heterocycles. The number of ether oxygens (including phenoxy) is 1. The quantitative estimate of drug-likeness (QED) is 0.511. The topological polar surface area (TPSA) is 42.1 Å². The van der Waals surface area contributed by atoms with Gasteiger partial charge in [-0.25, -0.2) is 4.79 Å². The number of hydrogen-bond donors (Lipinski definition) is 1. The second-order valence-electron chi connectivity index (χ2n) is 5.24. The Morgan fingerprint density at radius 3 is 2.00 bits per heavy atom. The summed E-state index contributed by atoms with van der Waals surface area (Å²) < 4.78 is 5.26. The highest BCUT2D eigenvalue weighted by Gasteiger charge is 2.24. The first-order valence-electron chi connectivity index (χ1n) is 7.84. The molecule has 0 unspecified atom stereocenters. The third-order valence-corrected chi connectivity index (χ3v) is 4.49. The maximum absolute atomic E-state index is 12.5. The molecule has 3 rings (SSSR count). The van der Waals surface area contributed by atoms with Crippen LogP contribution in [0.2, 0.25) is 0 Å². The van der Waals surface area contributed by atoms with Gasteiger partial charge in [0.05, 0.1) is 11.6 Å². The standard InChI is InChI=1S/C20H19NO2S/c1-3-23-20(22)18-16(14-10-6-4-7-11-14)17(19(21-18)24-2)15-12-8-5-9-13-15/h4-13,21H,3H2,1-2H3. The first kappa shape index (κ1) is 16.4. The summed E-state index contributed by atoms with van der Waals surface area (Å²) in [7, 11) is 0. The predicted octanol–water partition coefficient (Wildman–Crippen LogP) is 5.25. The summed E-state index contributed by atoms with van der Waals surface area (Å²) in [5.74, 6) is -0.325. The van der Waals surface area contributed by atoms with Crippen LogP contribution in [0.1, 0.15) is 17.4 Å². The first-order valence-corrected chi connectivity index (χ1v) is 9.06. The van der Waals surface area contributed by atoms with E-state index in [1.165, 1.54) is 0 Å². The Morgan fingerprint density at radius 1 is 0.958 bits per heavy atom. The van der Waals surface area contributed by atoms with E-state index in [-0.39, 0.29) is 5.97 Å². The summed E-state index contributed by atoms with van der Waals surface area (Å²) in [6.45, 7) is 2.16. The minimum Gasteiger partial charge on any atom is -0.461 e. The molecule has 0 spiro atoms. The SMILES string of the molecule is CCOC(=O)c1[nH]c(SC)c(-c2ccccc2)c1-c1ccccc1. The Morgan fingerprint density at radius 2 is 1.50 bits per heavy atom. The molecule has 0 aliphatic rings. The normalized spacial score (nSPS) is 10.6. The van der Waals surface area contributed by atoms with Crippen LogP contribution in [0.3, 0.4) is 0 Å². The summed E-state index contributed by atoms with van der Waals surface area (Å²) >= 11 is 1.59. The van der Waals surface area contributed by atoms with Crippen LogP contribution in [0, 0.1) is 0 Å². The van der Waals surface area contributed by atoms with Crippen LogP contribution in [-0.2, 0) is 4.74 Å². The van der Waals surface area contributed by atoms with Crippen LogP contribution in [-0.4, -0.2) is 23.8 Å². The lowest BCUT2D eigenvalue weighted by Crippen LogP contribution is -2.06. The van der Waals surface area contributed by atoms with Crippen LogP contribution in [0.15, 0.2) is 65.7 Å². The van der Waals surface area contributed by atoms with Crippen LogP contribution in [0.4, 0.5) is 0 Å². The average Bonchev–Trinajstić information content (AvgIpc) is 3.03. The monoisotopic (exact) mass is 337 g/mol. The van der Waals surface area contributed by atoms with E-state index in [0.717, 1.165) is 27.3 Å². The van der Waals surface area contributed by atoms with Crippen molar-refractivity contribution in [2.45, 2.75) is 11.9 Å². The Kier molecular flexibility index (Phi) is 5.06. The number of benzene rings is 2. The van der Waals surface area contributed by atoms with Crippen molar-refractivity contribution in [1.29, 1.82) is 0 Å². The van der Waals surface area contributed by atoms with Gasteiger partial charge in [-0.2, -0.15) is 0 Å². The van der Waals surface area contributed by atoms with E-state index in [4.69, 9.17) is 4.74 Å². The number of carbonyl (C=O) groups excluding carboxylic acids is 1. The van der Waals surface area contributed by atoms with E-state index in [2.05, 4.69) is 17.1 Å². The van der Waals surface area contributed by atoms with Gasteiger partial charge in [0.1, 0.15) is 5.69 Å². The van der Waals surface area contributed by atoms with Gasteiger partial charge in [0.25, 0.3) is 0 Å². The third kappa shape index (κ3) is 3.10. The molecule has 0 saturated carbocycles.